The minimum absolute atomic E-state index is 0.349. The Kier molecular flexibility index (Phi) is 3.46. The van der Waals surface area contributed by atoms with Crippen LogP contribution in [0.3, 0.4) is 0 Å². The van der Waals surface area contributed by atoms with Crippen LogP contribution in [0.15, 0.2) is 73.3 Å². The molecule has 0 amide bonds. The van der Waals surface area contributed by atoms with Crippen LogP contribution in [0.1, 0.15) is 16.7 Å². The van der Waals surface area contributed by atoms with Crippen molar-refractivity contribution in [1.82, 2.24) is 9.97 Å². The first-order valence-corrected chi connectivity index (χ1v) is 6.50. The molecule has 1 heterocycles. The highest BCUT2D eigenvalue weighted by Gasteiger charge is 2.34. The van der Waals surface area contributed by atoms with Crippen molar-refractivity contribution in [2.24, 2.45) is 0 Å². The van der Waals surface area contributed by atoms with E-state index >= 15 is 0 Å². The molecule has 0 saturated carbocycles. The van der Waals surface area contributed by atoms with Gasteiger partial charge in [0.25, 0.3) is 0 Å². The van der Waals surface area contributed by atoms with E-state index in [9.17, 15) is 9.50 Å². The molecule has 21 heavy (non-hydrogen) atoms. The summed E-state index contributed by atoms with van der Waals surface area (Å²) in [5, 5.41) is 11.3. The van der Waals surface area contributed by atoms with E-state index in [0.717, 1.165) is 0 Å². The van der Waals surface area contributed by atoms with Gasteiger partial charge < -0.3 is 5.11 Å². The maximum atomic E-state index is 13.2. The van der Waals surface area contributed by atoms with Gasteiger partial charge >= 0.3 is 0 Å². The highest BCUT2D eigenvalue weighted by Crippen LogP contribution is 2.35. The van der Waals surface area contributed by atoms with Crippen molar-refractivity contribution < 1.29 is 9.50 Å². The maximum Gasteiger partial charge on any atom is 0.143 e. The van der Waals surface area contributed by atoms with Crippen LogP contribution in [0, 0.1) is 5.82 Å². The Hall–Kier alpha value is -2.59. The quantitative estimate of drug-likeness (QED) is 0.802. The van der Waals surface area contributed by atoms with Gasteiger partial charge in [0.1, 0.15) is 17.7 Å². The van der Waals surface area contributed by atoms with Crippen molar-refractivity contribution in [2.45, 2.75) is 5.60 Å². The third kappa shape index (κ3) is 2.41. The van der Waals surface area contributed by atoms with Gasteiger partial charge in [-0.3, -0.25) is 0 Å². The molecular formula is C17H13FN2O. The summed E-state index contributed by atoms with van der Waals surface area (Å²) in [5.41, 5.74) is 0.343. The summed E-state index contributed by atoms with van der Waals surface area (Å²) in [6.07, 6.45) is 4.52. The second-order valence-corrected chi connectivity index (χ2v) is 4.71. The Bertz CT molecular complexity index is 675. The average molecular weight is 280 g/mol. The third-order valence-corrected chi connectivity index (χ3v) is 3.43. The summed E-state index contributed by atoms with van der Waals surface area (Å²) in [7, 11) is 0. The number of halogens is 1. The fourth-order valence-electron chi connectivity index (χ4n) is 2.36. The second kappa shape index (κ2) is 5.42. The first kappa shape index (κ1) is 13.4. The molecule has 0 saturated heterocycles. The number of aromatic nitrogens is 2. The van der Waals surface area contributed by atoms with Gasteiger partial charge in [0.05, 0.1) is 0 Å². The van der Waals surface area contributed by atoms with Crippen molar-refractivity contribution in [2.75, 3.05) is 0 Å². The molecular weight excluding hydrogens is 267 g/mol. The number of aliphatic hydroxyl groups is 1. The molecule has 1 N–H and O–H groups in total. The van der Waals surface area contributed by atoms with E-state index in [0.29, 0.717) is 16.7 Å². The summed E-state index contributed by atoms with van der Waals surface area (Å²) >= 11 is 0. The number of hydrogen-bond donors (Lipinski definition) is 1. The normalized spacial score (nSPS) is 13.6. The fourth-order valence-corrected chi connectivity index (χ4v) is 2.36. The number of rotatable bonds is 3. The number of hydrogen-bond acceptors (Lipinski definition) is 3. The van der Waals surface area contributed by atoms with Crippen molar-refractivity contribution >= 4 is 0 Å². The zero-order valence-electron chi connectivity index (χ0n) is 11.1. The smallest absolute Gasteiger partial charge is 0.143 e. The molecule has 3 aromatic rings. The first-order chi connectivity index (χ1) is 10.2. The van der Waals surface area contributed by atoms with Crippen molar-refractivity contribution in [3.63, 3.8) is 0 Å². The molecule has 4 heteroatoms. The summed E-state index contributed by atoms with van der Waals surface area (Å²) in [6, 6.07) is 15.0. The molecule has 0 radical (unpaired) electrons. The van der Waals surface area contributed by atoms with Crippen molar-refractivity contribution in [1.29, 1.82) is 0 Å². The van der Waals surface area contributed by atoms with Gasteiger partial charge in [0.15, 0.2) is 0 Å². The molecule has 0 fully saturated rings. The lowest BCUT2D eigenvalue weighted by atomic mass is 9.82. The summed E-state index contributed by atoms with van der Waals surface area (Å²) in [5.74, 6) is -0.349. The van der Waals surface area contributed by atoms with E-state index < -0.39 is 5.60 Å². The molecule has 3 rings (SSSR count). The molecule has 0 unspecified atom stereocenters. The van der Waals surface area contributed by atoms with Crippen LogP contribution in [0.4, 0.5) is 4.39 Å². The SMILES string of the molecule is O[C@@](c1ccccc1)(c1ccc(F)cc1)c1cncnc1. The topological polar surface area (TPSA) is 46.0 Å². The lowest BCUT2D eigenvalue weighted by Crippen LogP contribution is -2.29. The lowest BCUT2D eigenvalue weighted by molar-refractivity contribution is 0.125. The van der Waals surface area contributed by atoms with E-state index in [2.05, 4.69) is 9.97 Å². The molecule has 0 aliphatic rings. The highest BCUT2D eigenvalue weighted by atomic mass is 19.1. The summed E-state index contributed by atoms with van der Waals surface area (Å²) in [6.45, 7) is 0. The monoisotopic (exact) mass is 280 g/mol. The molecule has 0 aliphatic heterocycles. The van der Waals surface area contributed by atoms with Crippen LogP contribution < -0.4 is 0 Å². The Morgan fingerprint density at radius 2 is 1.33 bits per heavy atom. The minimum Gasteiger partial charge on any atom is -0.376 e. The van der Waals surface area contributed by atoms with Gasteiger partial charge in [0.2, 0.25) is 0 Å². The minimum atomic E-state index is -1.42. The van der Waals surface area contributed by atoms with Crippen LogP contribution in [-0.4, -0.2) is 15.1 Å². The lowest BCUT2D eigenvalue weighted by Gasteiger charge is -2.29. The van der Waals surface area contributed by atoms with Gasteiger partial charge in [-0.2, -0.15) is 0 Å². The highest BCUT2D eigenvalue weighted by molar-refractivity contribution is 5.45. The summed E-state index contributed by atoms with van der Waals surface area (Å²) < 4.78 is 13.2. The zero-order chi connectivity index (χ0) is 14.7. The van der Waals surface area contributed by atoms with Gasteiger partial charge in [-0.1, -0.05) is 42.5 Å². The summed E-state index contributed by atoms with van der Waals surface area (Å²) in [4.78, 5) is 7.95. The van der Waals surface area contributed by atoms with E-state index in [1.165, 1.54) is 18.5 Å². The molecule has 104 valence electrons. The molecule has 0 bridgehead atoms. The van der Waals surface area contributed by atoms with E-state index in [-0.39, 0.29) is 5.82 Å². The van der Waals surface area contributed by atoms with Crippen LogP contribution in [0.2, 0.25) is 0 Å². The van der Waals surface area contributed by atoms with Crippen LogP contribution in [-0.2, 0) is 5.60 Å². The van der Waals surface area contributed by atoms with Gasteiger partial charge in [0, 0.05) is 18.0 Å². The number of benzene rings is 2. The fraction of sp³-hybridized carbons (Fsp3) is 0.0588. The van der Waals surface area contributed by atoms with Crippen molar-refractivity contribution in [3.05, 3.63) is 95.8 Å². The molecule has 0 aliphatic carbocycles. The predicted molar refractivity (Wildman–Crippen MR) is 77.0 cm³/mol. The zero-order valence-corrected chi connectivity index (χ0v) is 11.1. The standard InChI is InChI=1S/C17H13FN2O/c18-16-8-6-14(7-9-16)17(21,13-4-2-1-3-5-13)15-10-19-12-20-11-15/h1-12,21H/t17-/m0/s1. The first-order valence-electron chi connectivity index (χ1n) is 6.50. The maximum absolute atomic E-state index is 13.2. The Morgan fingerprint density at radius 3 is 1.95 bits per heavy atom. The molecule has 0 spiro atoms. The van der Waals surface area contributed by atoms with Crippen molar-refractivity contribution in [3.8, 4) is 0 Å². The van der Waals surface area contributed by atoms with Gasteiger partial charge in [-0.15, -0.1) is 0 Å². The number of nitrogens with zero attached hydrogens (tertiary/aromatic N) is 2. The predicted octanol–water partition coefficient (Wildman–Crippen LogP) is 2.90. The van der Waals surface area contributed by atoms with Gasteiger partial charge in [-0.05, 0) is 23.3 Å². The largest absolute Gasteiger partial charge is 0.376 e. The molecule has 1 aromatic heterocycles. The molecule has 3 nitrogen and oxygen atoms in total. The van der Waals surface area contributed by atoms with Crippen LogP contribution in [0.25, 0.3) is 0 Å². The second-order valence-electron chi connectivity index (χ2n) is 4.71. The van der Waals surface area contributed by atoms with E-state index in [1.807, 2.05) is 30.3 Å². The Morgan fingerprint density at radius 1 is 0.762 bits per heavy atom. The average Bonchev–Trinajstić information content (AvgIpc) is 2.56. The molecule has 1 atom stereocenters. The third-order valence-electron chi connectivity index (χ3n) is 3.43. The van der Waals surface area contributed by atoms with E-state index in [1.54, 1.807) is 24.5 Å². The van der Waals surface area contributed by atoms with Gasteiger partial charge in [-0.25, -0.2) is 14.4 Å². The van der Waals surface area contributed by atoms with E-state index in [4.69, 9.17) is 0 Å². The molecule has 2 aromatic carbocycles. The Balaban J connectivity index is 2.23. The Labute approximate surface area is 121 Å². The van der Waals surface area contributed by atoms with Crippen LogP contribution in [0.5, 0.6) is 0 Å². The van der Waals surface area contributed by atoms with Crippen LogP contribution >= 0.6 is 0 Å².